The van der Waals surface area contributed by atoms with Crippen LogP contribution < -0.4 is 29.6 Å². The molecule has 2 aliphatic rings. The number of carboxylic acid groups (broad SMARTS) is 1. The van der Waals surface area contributed by atoms with E-state index in [1.54, 1.807) is 0 Å². The van der Waals surface area contributed by atoms with Gasteiger partial charge in [0, 0.05) is 4.75 Å². The molecular weight excluding hydrogens is 249 g/mol. The van der Waals surface area contributed by atoms with Crippen LogP contribution in [0.4, 0.5) is 0 Å². The van der Waals surface area contributed by atoms with E-state index in [1.807, 2.05) is 13.8 Å². The summed E-state index contributed by atoms with van der Waals surface area (Å²) in [5.74, 6) is -1.22. The van der Waals surface area contributed by atoms with Crippen molar-refractivity contribution in [1.29, 1.82) is 0 Å². The molecule has 2 fully saturated rings. The first-order valence-corrected chi connectivity index (χ1v) is 5.55. The van der Waals surface area contributed by atoms with Crippen LogP contribution in [0.15, 0.2) is 0 Å². The Hall–Kier alpha value is 0.580. The van der Waals surface area contributed by atoms with Gasteiger partial charge < -0.3 is 11.4 Å². The van der Waals surface area contributed by atoms with Crippen molar-refractivity contribution in [2.75, 3.05) is 0 Å². The molecule has 3 atom stereocenters. The van der Waals surface area contributed by atoms with Crippen molar-refractivity contribution in [3.05, 3.63) is 0 Å². The van der Waals surface area contributed by atoms with Gasteiger partial charge in [-0.05, 0) is 13.8 Å². The van der Waals surface area contributed by atoms with Gasteiger partial charge in [0.15, 0.2) is 0 Å². The third-order valence-electron chi connectivity index (χ3n) is 2.61. The third kappa shape index (κ3) is 1.82. The summed E-state index contributed by atoms with van der Waals surface area (Å²) < 4.78 is -0.462. The molecule has 2 aliphatic heterocycles. The van der Waals surface area contributed by atoms with E-state index in [0.29, 0.717) is 0 Å². The Labute approximate surface area is 120 Å². The SMILES string of the molecule is CC1(C)S[C@@H]2[C@H](Cl)C(=O)N2[C@H]1C(=O)O.[H-].[Na+]. The van der Waals surface area contributed by atoms with Gasteiger partial charge in [0.2, 0.25) is 5.91 Å². The van der Waals surface area contributed by atoms with Crippen molar-refractivity contribution < 1.29 is 45.7 Å². The Morgan fingerprint density at radius 3 is 2.67 bits per heavy atom. The van der Waals surface area contributed by atoms with E-state index in [0.717, 1.165) is 0 Å². The maximum absolute atomic E-state index is 11.4. The number of fused-ring (bicyclic) bond motifs is 1. The summed E-state index contributed by atoms with van der Waals surface area (Å²) >= 11 is 7.25. The van der Waals surface area contributed by atoms with Crippen molar-refractivity contribution in [3.63, 3.8) is 0 Å². The van der Waals surface area contributed by atoms with Crippen molar-refractivity contribution in [2.45, 2.75) is 35.4 Å². The van der Waals surface area contributed by atoms with Crippen molar-refractivity contribution >= 4 is 35.2 Å². The average Bonchev–Trinajstić information content (AvgIpc) is 2.34. The fourth-order valence-electron chi connectivity index (χ4n) is 1.97. The smallest absolute Gasteiger partial charge is 1.00 e. The van der Waals surface area contributed by atoms with E-state index >= 15 is 0 Å². The van der Waals surface area contributed by atoms with Gasteiger partial charge in [0.1, 0.15) is 16.8 Å². The second kappa shape index (κ2) is 4.11. The second-order valence-electron chi connectivity index (χ2n) is 4.00. The molecule has 1 N–H and O–H groups in total. The summed E-state index contributed by atoms with van der Waals surface area (Å²) in [5, 5.41) is 8.31. The zero-order chi connectivity index (χ0) is 10.7. The minimum Gasteiger partial charge on any atom is -1.00 e. The summed E-state index contributed by atoms with van der Waals surface area (Å²) in [6, 6.07) is -0.750. The van der Waals surface area contributed by atoms with Crippen LogP contribution in [0.3, 0.4) is 0 Å². The Balaban J connectivity index is 0.00000112. The minimum absolute atomic E-state index is 0. The molecule has 15 heavy (non-hydrogen) atoms. The van der Waals surface area contributed by atoms with Crippen LogP contribution in [0.2, 0.25) is 0 Å². The summed E-state index contributed by atoms with van der Waals surface area (Å²) in [6.45, 7) is 3.65. The number of carboxylic acids is 1. The molecule has 0 unspecified atom stereocenters. The van der Waals surface area contributed by atoms with Crippen molar-refractivity contribution in [1.82, 2.24) is 4.90 Å². The topological polar surface area (TPSA) is 57.6 Å². The molecule has 80 valence electrons. The minimum atomic E-state index is -0.957. The fraction of sp³-hybridized carbons (Fsp3) is 0.750. The molecule has 0 radical (unpaired) electrons. The van der Waals surface area contributed by atoms with Crippen LogP contribution in [0.25, 0.3) is 0 Å². The zero-order valence-corrected chi connectivity index (χ0v) is 12.3. The molecule has 7 heteroatoms. The number of hydrogen-bond acceptors (Lipinski definition) is 3. The van der Waals surface area contributed by atoms with Gasteiger partial charge in [-0.25, -0.2) is 4.79 Å². The second-order valence-corrected chi connectivity index (χ2v) is 6.24. The quantitative estimate of drug-likeness (QED) is 0.332. The molecule has 1 amide bonds. The number of thioether (sulfide) groups is 1. The number of aliphatic carboxylic acids is 1. The molecular formula is C8H11ClNNaO3S. The molecule has 0 spiro atoms. The number of carbonyl (C=O) groups excluding carboxylic acids is 1. The molecule has 0 aliphatic carbocycles. The number of rotatable bonds is 1. The van der Waals surface area contributed by atoms with Gasteiger partial charge in [-0.15, -0.1) is 23.4 Å². The molecule has 2 heterocycles. The Bertz CT molecular complexity index is 330. The molecule has 2 saturated heterocycles. The van der Waals surface area contributed by atoms with E-state index in [9.17, 15) is 9.59 Å². The number of carbonyl (C=O) groups is 2. The number of amides is 1. The standard InChI is InChI=1S/C8H10ClNO3S.Na.H/c1-8(2)4(7(12)13)10-5(11)3(9)6(10)14-8;;/h3-4,6H,1-2H3,(H,12,13);;/q;+1;-1/t3-,4+,6-;;/m1../s1. The van der Waals surface area contributed by atoms with Gasteiger partial charge in [-0.2, -0.15) is 0 Å². The normalized spacial score (nSPS) is 36.6. The van der Waals surface area contributed by atoms with Crippen LogP contribution >= 0.6 is 23.4 Å². The Morgan fingerprint density at radius 2 is 2.20 bits per heavy atom. The number of alkyl halides is 1. The van der Waals surface area contributed by atoms with Crippen molar-refractivity contribution in [3.8, 4) is 0 Å². The van der Waals surface area contributed by atoms with Gasteiger partial charge in [0.05, 0.1) is 0 Å². The largest absolute Gasteiger partial charge is 1.00 e. The summed E-state index contributed by atoms with van der Waals surface area (Å²) in [6.07, 6.45) is 0. The summed E-state index contributed by atoms with van der Waals surface area (Å²) in [7, 11) is 0. The van der Waals surface area contributed by atoms with E-state index in [-0.39, 0.29) is 42.3 Å². The maximum Gasteiger partial charge on any atom is 1.00 e. The average molecular weight is 260 g/mol. The van der Waals surface area contributed by atoms with Gasteiger partial charge in [0.25, 0.3) is 0 Å². The summed E-state index contributed by atoms with van der Waals surface area (Å²) in [5.41, 5.74) is 0. The predicted octanol–water partition coefficient (Wildman–Crippen LogP) is -2.14. The third-order valence-corrected chi connectivity index (χ3v) is 4.76. The molecule has 0 aromatic carbocycles. The van der Waals surface area contributed by atoms with Crippen molar-refractivity contribution in [2.24, 2.45) is 0 Å². The molecule has 0 aromatic heterocycles. The van der Waals surface area contributed by atoms with Crippen LogP contribution in [0.5, 0.6) is 0 Å². The molecule has 0 aromatic rings. The van der Waals surface area contributed by atoms with Crippen LogP contribution in [0.1, 0.15) is 15.3 Å². The van der Waals surface area contributed by atoms with E-state index in [2.05, 4.69) is 0 Å². The maximum atomic E-state index is 11.4. The van der Waals surface area contributed by atoms with E-state index in [4.69, 9.17) is 16.7 Å². The fourth-order valence-corrected chi connectivity index (χ4v) is 3.90. The van der Waals surface area contributed by atoms with Crippen LogP contribution in [0, 0.1) is 0 Å². The number of nitrogens with zero attached hydrogens (tertiary/aromatic N) is 1. The molecule has 0 bridgehead atoms. The monoisotopic (exact) mass is 259 g/mol. The zero-order valence-electron chi connectivity index (χ0n) is 9.73. The van der Waals surface area contributed by atoms with E-state index < -0.39 is 22.1 Å². The van der Waals surface area contributed by atoms with Crippen LogP contribution in [-0.2, 0) is 9.59 Å². The van der Waals surface area contributed by atoms with Crippen LogP contribution in [-0.4, -0.2) is 43.4 Å². The number of β-lactam (4-membered cyclic amide) rings is 1. The first-order chi connectivity index (χ1) is 6.36. The molecule has 4 nitrogen and oxygen atoms in total. The Kier molecular flexibility index (Phi) is 3.74. The molecule has 2 rings (SSSR count). The Morgan fingerprint density at radius 1 is 1.67 bits per heavy atom. The number of hydrogen-bond donors (Lipinski definition) is 1. The van der Waals surface area contributed by atoms with E-state index in [1.165, 1.54) is 16.7 Å². The first kappa shape index (κ1) is 13.6. The predicted molar refractivity (Wildman–Crippen MR) is 54.5 cm³/mol. The van der Waals surface area contributed by atoms with Gasteiger partial charge >= 0.3 is 35.5 Å². The van der Waals surface area contributed by atoms with Gasteiger partial charge in [-0.1, -0.05) is 0 Å². The van der Waals surface area contributed by atoms with Gasteiger partial charge in [-0.3, -0.25) is 4.79 Å². The summed E-state index contributed by atoms with van der Waals surface area (Å²) in [4.78, 5) is 23.8. The number of halogens is 1. The molecule has 0 saturated carbocycles. The first-order valence-electron chi connectivity index (χ1n) is 4.23.